The summed E-state index contributed by atoms with van der Waals surface area (Å²) in [5, 5.41) is 7.27. The molecule has 0 unspecified atom stereocenters. The highest BCUT2D eigenvalue weighted by Gasteiger charge is 2.33. The first-order valence-corrected chi connectivity index (χ1v) is 12.1. The van der Waals surface area contributed by atoms with Crippen molar-refractivity contribution in [2.24, 2.45) is 0 Å². The number of aryl methyl sites for hydroxylation is 1. The van der Waals surface area contributed by atoms with Crippen molar-refractivity contribution in [1.82, 2.24) is 19.9 Å². The molecule has 5 rings (SSSR count). The molecule has 194 valence electrons. The number of imidazole rings is 1. The van der Waals surface area contributed by atoms with Gasteiger partial charge in [-0.25, -0.2) is 18.7 Å². The average Bonchev–Trinajstić information content (AvgIpc) is 3.40. The molecular weight excluding hydrogens is 481 g/mol. The molecule has 0 aliphatic carbocycles. The zero-order valence-corrected chi connectivity index (χ0v) is 20.9. The lowest BCUT2D eigenvalue weighted by Crippen LogP contribution is -2.47. The third kappa shape index (κ3) is 4.78. The van der Waals surface area contributed by atoms with E-state index in [-0.39, 0.29) is 24.8 Å². The van der Waals surface area contributed by atoms with Crippen LogP contribution in [-0.4, -0.2) is 77.8 Å². The molecule has 2 saturated heterocycles. The number of ether oxygens (including phenoxy) is 1. The minimum atomic E-state index is -0.568. The number of carbonyl (C=O) groups is 3. The van der Waals surface area contributed by atoms with Gasteiger partial charge in [-0.15, -0.1) is 5.10 Å². The maximum atomic E-state index is 15.1. The highest BCUT2D eigenvalue weighted by atomic mass is 19.1. The van der Waals surface area contributed by atoms with Crippen LogP contribution in [0.4, 0.5) is 26.4 Å². The van der Waals surface area contributed by atoms with E-state index in [1.807, 2.05) is 17.0 Å². The Bertz CT molecular complexity index is 1380. The van der Waals surface area contributed by atoms with E-state index in [9.17, 15) is 14.4 Å². The van der Waals surface area contributed by atoms with Gasteiger partial charge in [-0.1, -0.05) is 0 Å². The second-order valence-corrected chi connectivity index (χ2v) is 9.23. The number of Topliss-reactive ketones (excluding diaryl/α,β-unsaturated/α-hetero) is 1. The van der Waals surface area contributed by atoms with Gasteiger partial charge < -0.3 is 19.9 Å². The zero-order valence-electron chi connectivity index (χ0n) is 20.9. The van der Waals surface area contributed by atoms with Crippen LogP contribution in [-0.2, 0) is 9.53 Å². The van der Waals surface area contributed by atoms with Crippen LogP contribution in [0.2, 0.25) is 0 Å². The van der Waals surface area contributed by atoms with Gasteiger partial charge >= 0.3 is 6.09 Å². The fraction of sp³-hybridized carbons (Fsp3) is 0.400. The van der Waals surface area contributed by atoms with Gasteiger partial charge in [0.15, 0.2) is 11.4 Å². The van der Waals surface area contributed by atoms with Crippen LogP contribution < -0.4 is 20.0 Å². The molecule has 12 heteroatoms. The van der Waals surface area contributed by atoms with Gasteiger partial charge in [0.1, 0.15) is 23.4 Å². The van der Waals surface area contributed by atoms with Crippen molar-refractivity contribution in [3.8, 4) is 0 Å². The van der Waals surface area contributed by atoms with Crippen molar-refractivity contribution in [3.05, 3.63) is 47.5 Å². The highest BCUT2D eigenvalue weighted by Crippen LogP contribution is 2.29. The Morgan fingerprint density at radius 3 is 2.51 bits per heavy atom. The predicted octanol–water partition coefficient (Wildman–Crippen LogP) is 2.17. The van der Waals surface area contributed by atoms with Crippen molar-refractivity contribution in [1.29, 1.82) is 0 Å². The Balaban J connectivity index is 1.25. The van der Waals surface area contributed by atoms with Crippen LogP contribution in [0, 0.1) is 12.7 Å². The predicted molar refractivity (Wildman–Crippen MR) is 135 cm³/mol. The molecule has 2 amide bonds. The normalized spacial score (nSPS) is 17.9. The third-order valence-electron chi connectivity index (χ3n) is 6.61. The molecule has 1 aromatic carbocycles. The number of carbonyl (C=O) groups excluding carboxylic acids is 3. The van der Waals surface area contributed by atoms with E-state index in [2.05, 4.69) is 20.3 Å². The average molecular weight is 510 g/mol. The number of benzene rings is 1. The summed E-state index contributed by atoms with van der Waals surface area (Å²) in [6.45, 7) is 7.50. The summed E-state index contributed by atoms with van der Waals surface area (Å²) in [6, 6.07) is 8.44. The Kier molecular flexibility index (Phi) is 6.40. The number of aromatic nitrogens is 3. The van der Waals surface area contributed by atoms with Gasteiger partial charge in [-0.3, -0.25) is 14.5 Å². The number of hydrogen-bond acceptors (Lipinski definition) is 8. The number of cyclic esters (lactones) is 1. The molecule has 0 bridgehead atoms. The molecule has 2 fully saturated rings. The highest BCUT2D eigenvalue weighted by molar-refractivity contribution is 5.94. The Morgan fingerprint density at radius 1 is 1.11 bits per heavy atom. The topological polar surface area (TPSA) is 112 Å². The van der Waals surface area contributed by atoms with Gasteiger partial charge in [0.05, 0.1) is 30.2 Å². The summed E-state index contributed by atoms with van der Waals surface area (Å²) in [4.78, 5) is 45.3. The van der Waals surface area contributed by atoms with E-state index in [0.29, 0.717) is 54.6 Å². The molecule has 4 heterocycles. The molecule has 2 aliphatic heterocycles. The summed E-state index contributed by atoms with van der Waals surface area (Å²) in [6.07, 6.45) is -1.06. The summed E-state index contributed by atoms with van der Waals surface area (Å²) in [5.74, 6) is -0.00405. The minimum absolute atomic E-state index is 0.0937. The fourth-order valence-corrected chi connectivity index (χ4v) is 4.80. The molecular formula is C25H28FN7O4. The van der Waals surface area contributed by atoms with E-state index < -0.39 is 18.0 Å². The number of nitrogens with zero attached hydrogens (tertiary/aromatic N) is 6. The molecule has 1 atom stereocenters. The number of hydrogen-bond donors (Lipinski definition) is 1. The van der Waals surface area contributed by atoms with Crippen molar-refractivity contribution in [2.75, 3.05) is 54.0 Å². The number of halogens is 1. The first-order valence-electron chi connectivity index (χ1n) is 12.1. The van der Waals surface area contributed by atoms with E-state index in [1.165, 1.54) is 24.8 Å². The second kappa shape index (κ2) is 9.68. The van der Waals surface area contributed by atoms with Gasteiger partial charge in [-0.05, 0) is 37.3 Å². The number of ketones is 1. The fourth-order valence-electron chi connectivity index (χ4n) is 4.80. The van der Waals surface area contributed by atoms with E-state index in [1.54, 1.807) is 23.6 Å². The van der Waals surface area contributed by atoms with Gasteiger partial charge in [0.25, 0.3) is 0 Å². The smallest absolute Gasteiger partial charge is 0.414 e. The van der Waals surface area contributed by atoms with Crippen LogP contribution in [0.5, 0.6) is 0 Å². The number of fused-ring (bicyclic) bond motifs is 1. The first-order chi connectivity index (χ1) is 17.7. The van der Waals surface area contributed by atoms with Gasteiger partial charge in [0.2, 0.25) is 5.91 Å². The summed E-state index contributed by atoms with van der Waals surface area (Å²) in [5.41, 5.74) is 2.60. The minimum Gasteiger partial charge on any atom is -0.442 e. The summed E-state index contributed by atoms with van der Waals surface area (Å²) in [7, 11) is 0. The van der Waals surface area contributed by atoms with Crippen molar-refractivity contribution < 1.29 is 23.5 Å². The number of piperazine rings is 1. The lowest BCUT2D eigenvalue weighted by Gasteiger charge is -2.36. The maximum absolute atomic E-state index is 15.1. The standard InChI is InChI=1S/C25H28FN7O4/c1-15-24(16(2)34)33-22(28-15)6-7-23(29-33)31-10-8-30(9-11-31)21-5-4-18(12-20(21)26)32-14-19(37-25(32)36)13-27-17(3)35/h4-7,12,19H,8-11,13-14H2,1-3H3,(H,27,35)/t19-/m0/s1. The molecule has 0 spiro atoms. The molecule has 0 saturated carbocycles. The lowest BCUT2D eigenvalue weighted by atomic mass is 10.2. The summed E-state index contributed by atoms with van der Waals surface area (Å²) >= 11 is 0. The van der Waals surface area contributed by atoms with Crippen LogP contribution in [0.25, 0.3) is 5.65 Å². The van der Waals surface area contributed by atoms with Gasteiger partial charge in [-0.2, -0.15) is 0 Å². The molecule has 2 aliphatic rings. The van der Waals surface area contributed by atoms with E-state index in [0.717, 1.165) is 5.82 Å². The third-order valence-corrected chi connectivity index (χ3v) is 6.61. The number of amides is 2. The van der Waals surface area contributed by atoms with E-state index >= 15 is 4.39 Å². The van der Waals surface area contributed by atoms with E-state index in [4.69, 9.17) is 4.74 Å². The number of nitrogens with one attached hydrogen (secondary N) is 1. The van der Waals surface area contributed by atoms with Crippen LogP contribution in [0.1, 0.15) is 30.0 Å². The van der Waals surface area contributed by atoms with Crippen molar-refractivity contribution in [3.63, 3.8) is 0 Å². The quantitative estimate of drug-likeness (QED) is 0.503. The molecule has 3 aromatic rings. The second-order valence-electron chi connectivity index (χ2n) is 9.23. The molecule has 2 aromatic heterocycles. The SMILES string of the molecule is CC(=O)NC[C@H]1CN(c2ccc(N3CCN(c4ccc5nc(C)c(C(C)=O)n5n4)CC3)c(F)c2)C(=O)O1. The Hall–Kier alpha value is -4.22. The van der Waals surface area contributed by atoms with Crippen molar-refractivity contribution in [2.45, 2.75) is 26.9 Å². The maximum Gasteiger partial charge on any atom is 0.414 e. The molecule has 0 radical (unpaired) electrons. The van der Waals surface area contributed by atoms with Crippen LogP contribution >= 0.6 is 0 Å². The zero-order chi connectivity index (χ0) is 26.3. The van der Waals surface area contributed by atoms with Crippen LogP contribution in [0.15, 0.2) is 30.3 Å². The molecule has 37 heavy (non-hydrogen) atoms. The lowest BCUT2D eigenvalue weighted by molar-refractivity contribution is -0.119. The Labute approximate surface area is 212 Å². The van der Waals surface area contributed by atoms with Gasteiger partial charge in [0, 0.05) is 40.0 Å². The Morgan fingerprint density at radius 2 is 1.84 bits per heavy atom. The number of anilines is 3. The first kappa shape index (κ1) is 24.5. The largest absolute Gasteiger partial charge is 0.442 e. The van der Waals surface area contributed by atoms with Crippen molar-refractivity contribution >= 4 is 40.6 Å². The summed E-state index contributed by atoms with van der Waals surface area (Å²) < 4.78 is 22.0. The number of rotatable bonds is 6. The molecule has 11 nitrogen and oxygen atoms in total. The van der Waals surface area contributed by atoms with Crippen LogP contribution in [0.3, 0.4) is 0 Å². The molecule has 1 N–H and O–H groups in total. The monoisotopic (exact) mass is 509 g/mol.